The van der Waals surface area contributed by atoms with E-state index in [-0.39, 0.29) is 18.2 Å². The molecule has 2 rings (SSSR count). The minimum absolute atomic E-state index is 0.0578. The summed E-state index contributed by atoms with van der Waals surface area (Å²) in [6.07, 6.45) is 0.986. The van der Waals surface area contributed by atoms with E-state index in [0.717, 1.165) is 16.9 Å². The van der Waals surface area contributed by atoms with Crippen LogP contribution in [0, 0.1) is 0 Å². The number of halogens is 1. The molecule has 2 aromatic rings. The molecule has 6 heteroatoms. The van der Waals surface area contributed by atoms with E-state index >= 15 is 0 Å². The van der Waals surface area contributed by atoms with Crippen molar-refractivity contribution < 1.29 is 14.3 Å². The van der Waals surface area contributed by atoms with Gasteiger partial charge in [0.2, 0.25) is 11.8 Å². The van der Waals surface area contributed by atoms with Crippen LogP contribution in [-0.4, -0.2) is 36.9 Å². The molecular formula is C21H25ClN2O3. The van der Waals surface area contributed by atoms with E-state index in [1.165, 1.54) is 6.92 Å². The summed E-state index contributed by atoms with van der Waals surface area (Å²) in [4.78, 5) is 25.6. The van der Waals surface area contributed by atoms with Crippen LogP contribution in [-0.2, 0) is 22.6 Å². The molecule has 0 saturated carbocycles. The summed E-state index contributed by atoms with van der Waals surface area (Å²) in [5, 5.41) is 3.58. The zero-order valence-corrected chi connectivity index (χ0v) is 16.5. The van der Waals surface area contributed by atoms with Crippen molar-refractivity contribution in [1.82, 2.24) is 10.2 Å². The molecule has 0 radical (unpaired) electrons. The monoisotopic (exact) mass is 388 g/mol. The molecule has 0 aromatic heterocycles. The number of carbonyl (C=O) groups excluding carboxylic acids is 2. The van der Waals surface area contributed by atoms with Gasteiger partial charge in [-0.05, 0) is 41.8 Å². The third kappa shape index (κ3) is 7.31. The van der Waals surface area contributed by atoms with Gasteiger partial charge in [0.1, 0.15) is 5.75 Å². The predicted octanol–water partition coefficient (Wildman–Crippen LogP) is 3.45. The Kier molecular flexibility index (Phi) is 8.14. The minimum Gasteiger partial charge on any atom is -0.497 e. The van der Waals surface area contributed by atoms with Gasteiger partial charge in [-0.1, -0.05) is 35.9 Å². The van der Waals surface area contributed by atoms with E-state index in [0.29, 0.717) is 31.1 Å². The fourth-order valence-corrected chi connectivity index (χ4v) is 2.88. The molecule has 0 atom stereocenters. The molecule has 2 amide bonds. The number of methoxy groups -OCH3 is 1. The van der Waals surface area contributed by atoms with Crippen molar-refractivity contribution in [2.75, 3.05) is 20.2 Å². The fraction of sp³-hybridized carbons (Fsp3) is 0.333. The number of carbonyl (C=O) groups is 2. The highest BCUT2D eigenvalue weighted by Crippen LogP contribution is 2.13. The Morgan fingerprint density at radius 3 is 2.48 bits per heavy atom. The summed E-state index contributed by atoms with van der Waals surface area (Å²) < 4.78 is 5.14. The van der Waals surface area contributed by atoms with E-state index in [1.807, 2.05) is 48.5 Å². The SMILES string of the molecule is COc1ccc(CN(CCC(=O)NCCc2cccc(Cl)c2)C(C)=O)cc1. The molecule has 0 fully saturated rings. The zero-order valence-electron chi connectivity index (χ0n) is 15.7. The molecule has 0 aliphatic carbocycles. The first kappa shape index (κ1) is 20.8. The maximum absolute atomic E-state index is 12.1. The number of ether oxygens (including phenoxy) is 1. The van der Waals surface area contributed by atoms with Crippen LogP contribution in [0.5, 0.6) is 5.75 Å². The van der Waals surface area contributed by atoms with Crippen molar-refractivity contribution in [3.8, 4) is 5.75 Å². The van der Waals surface area contributed by atoms with Gasteiger partial charge < -0.3 is 15.0 Å². The Hall–Kier alpha value is -2.53. The number of nitrogens with zero attached hydrogens (tertiary/aromatic N) is 1. The molecule has 0 aliphatic heterocycles. The maximum atomic E-state index is 12.1. The number of hydrogen-bond acceptors (Lipinski definition) is 3. The molecule has 2 aromatic carbocycles. The molecule has 5 nitrogen and oxygen atoms in total. The normalized spacial score (nSPS) is 10.3. The Morgan fingerprint density at radius 1 is 1.11 bits per heavy atom. The van der Waals surface area contributed by atoms with Crippen LogP contribution in [0.25, 0.3) is 0 Å². The van der Waals surface area contributed by atoms with E-state index < -0.39 is 0 Å². The molecule has 144 valence electrons. The minimum atomic E-state index is -0.0713. The van der Waals surface area contributed by atoms with Crippen LogP contribution in [0.1, 0.15) is 24.5 Å². The van der Waals surface area contributed by atoms with E-state index in [1.54, 1.807) is 12.0 Å². The molecule has 0 bridgehead atoms. The first-order valence-corrected chi connectivity index (χ1v) is 9.25. The van der Waals surface area contributed by atoms with Gasteiger partial charge in [-0.15, -0.1) is 0 Å². The number of hydrogen-bond donors (Lipinski definition) is 1. The molecular weight excluding hydrogens is 364 g/mol. The highest BCUT2D eigenvalue weighted by atomic mass is 35.5. The Labute approximate surface area is 165 Å². The van der Waals surface area contributed by atoms with Crippen molar-refractivity contribution in [2.24, 2.45) is 0 Å². The first-order valence-electron chi connectivity index (χ1n) is 8.87. The van der Waals surface area contributed by atoms with E-state index in [9.17, 15) is 9.59 Å². The van der Waals surface area contributed by atoms with Crippen LogP contribution >= 0.6 is 11.6 Å². The second-order valence-corrected chi connectivity index (χ2v) is 6.70. The molecule has 0 spiro atoms. The summed E-state index contributed by atoms with van der Waals surface area (Å²) in [5.41, 5.74) is 2.07. The zero-order chi connectivity index (χ0) is 19.6. The second-order valence-electron chi connectivity index (χ2n) is 6.27. The van der Waals surface area contributed by atoms with Crippen molar-refractivity contribution >= 4 is 23.4 Å². The third-order valence-electron chi connectivity index (χ3n) is 4.21. The highest BCUT2D eigenvalue weighted by molar-refractivity contribution is 6.30. The van der Waals surface area contributed by atoms with Crippen molar-refractivity contribution in [2.45, 2.75) is 26.3 Å². The number of benzene rings is 2. The lowest BCUT2D eigenvalue weighted by molar-refractivity contribution is -0.130. The summed E-state index contributed by atoms with van der Waals surface area (Å²) in [5.74, 6) is 0.641. The number of rotatable bonds is 9. The third-order valence-corrected chi connectivity index (χ3v) is 4.45. The highest BCUT2D eigenvalue weighted by Gasteiger charge is 2.12. The number of nitrogens with one attached hydrogen (secondary N) is 1. The van der Waals surface area contributed by atoms with E-state index in [4.69, 9.17) is 16.3 Å². The van der Waals surface area contributed by atoms with Gasteiger partial charge in [-0.2, -0.15) is 0 Å². The standard InChI is InChI=1S/C21H25ClN2O3/c1-16(25)24(15-18-6-8-20(27-2)9-7-18)13-11-21(26)23-12-10-17-4-3-5-19(22)14-17/h3-9,14H,10-13,15H2,1-2H3,(H,23,26). The van der Waals surface area contributed by atoms with Gasteiger partial charge in [-0.3, -0.25) is 9.59 Å². The fourth-order valence-electron chi connectivity index (χ4n) is 2.66. The lowest BCUT2D eigenvalue weighted by atomic mass is 10.1. The first-order chi connectivity index (χ1) is 13.0. The van der Waals surface area contributed by atoms with Crippen LogP contribution in [0.4, 0.5) is 0 Å². The summed E-state index contributed by atoms with van der Waals surface area (Å²) >= 11 is 5.95. The largest absolute Gasteiger partial charge is 0.497 e. The number of amides is 2. The van der Waals surface area contributed by atoms with Crippen molar-refractivity contribution in [3.05, 3.63) is 64.7 Å². The summed E-state index contributed by atoms with van der Waals surface area (Å²) in [6, 6.07) is 15.1. The van der Waals surface area contributed by atoms with Crippen LogP contribution in [0.15, 0.2) is 48.5 Å². The van der Waals surface area contributed by atoms with Gasteiger partial charge in [0, 0.05) is 38.0 Å². The quantitative estimate of drug-likeness (QED) is 0.715. The molecule has 0 saturated heterocycles. The molecule has 0 aliphatic rings. The molecule has 1 N–H and O–H groups in total. The molecule has 0 heterocycles. The maximum Gasteiger partial charge on any atom is 0.221 e. The average Bonchev–Trinajstić information content (AvgIpc) is 2.65. The molecule has 0 unspecified atom stereocenters. The second kappa shape index (κ2) is 10.6. The van der Waals surface area contributed by atoms with Gasteiger partial charge >= 0.3 is 0 Å². The summed E-state index contributed by atoms with van der Waals surface area (Å²) in [6.45, 7) is 2.90. The predicted molar refractivity (Wildman–Crippen MR) is 107 cm³/mol. The lowest BCUT2D eigenvalue weighted by Gasteiger charge is -2.21. The van der Waals surface area contributed by atoms with Crippen molar-refractivity contribution in [3.63, 3.8) is 0 Å². The van der Waals surface area contributed by atoms with Gasteiger partial charge in [0.25, 0.3) is 0 Å². The van der Waals surface area contributed by atoms with Crippen molar-refractivity contribution in [1.29, 1.82) is 0 Å². The van der Waals surface area contributed by atoms with Gasteiger partial charge in [-0.25, -0.2) is 0 Å². The Bertz CT molecular complexity index is 762. The molecule has 27 heavy (non-hydrogen) atoms. The van der Waals surface area contributed by atoms with Crippen LogP contribution in [0.3, 0.4) is 0 Å². The smallest absolute Gasteiger partial charge is 0.221 e. The Morgan fingerprint density at radius 2 is 1.85 bits per heavy atom. The van der Waals surface area contributed by atoms with Crippen LogP contribution < -0.4 is 10.1 Å². The van der Waals surface area contributed by atoms with Gasteiger partial charge in [0.15, 0.2) is 0 Å². The van der Waals surface area contributed by atoms with Crippen LogP contribution in [0.2, 0.25) is 5.02 Å². The summed E-state index contributed by atoms with van der Waals surface area (Å²) in [7, 11) is 1.61. The lowest BCUT2D eigenvalue weighted by Crippen LogP contribution is -2.34. The van der Waals surface area contributed by atoms with E-state index in [2.05, 4.69) is 5.32 Å². The topological polar surface area (TPSA) is 58.6 Å². The average molecular weight is 389 g/mol. The van der Waals surface area contributed by atoms with Gasteiger partial charge in [0.05, 0.1) is 7.11 Å². The Balaban J connectivity index is 1.77.